The highest BCUT2D eigenvalue weighted by Crippen LogP contribution is 2.30. The first-order valence-corrected chi connectivity index (χ1v) is 11.4. The van der Waals surface area contributed by atoms with E-state index < -0.39 is 15.9 Å². The Hall–Kier alpha value is -4.31. The van der Waals surface area contributed by atoms with E-state index in [0.29, 0.717) is 22.3 Å². The number of sulfonamides is 1. The van der Waals surface area contributed by atoms with E-state index in [0.717, 1.165) is 4.90 Å². The smallest absolute Gasteiger partial charge is 0.263 e. The van der Waals surface area contributed by atoms with Crippen LogP contribution < -0.4 is 10.0 Å². The van der Waals surface area contributed by atoms with Gasteiger partial charge < -0.3 is 5.32 Å². The van der Waals surface area contributed by atoms with Crippen LogP contribution in [0.2, 0.25) is 0 Å². The van der Waals surface area contributed by atoms with Crippen molar-refractivity contribution < 1.29 is 18.0 Å². The normalized spacial score (nSPS) is 13.3. The lowest BCUT2D eigenvalue weighted by Gasteiger charge is -2.14. The minimum atomic E-state index is -3.93. The molecule has 0 spiro atoms. The van der Waals surface area contributed by atoms with Gasteiger partial charge in [0.15, 0.2) is 11.6 Å². The molecule has 164 valence electrons. The number of para-hydroxylation sites is 2. The third-order valence-electron chi connectivity index (χ3n) is 5.21. The number of nitrogens with zero attached hydrogens (tertiary/aromatic N) is 3. The molecule has 4 aromatic rings. The number of rotatable bonds is 5. The minimum Gasteiger partial charge on any atom is -0.337 e. The first-order valence-electron chi connectivity index (χ1n) is 9.91. The number of amides is 2. The van der Waals surface area contributed by atoms with Crippen molar-refractivity contribution >= 4 is 50.2 Å². The van der Waals surface area contributed by atoms with E-state index in [4.69, 9.17) is 0 Å². The van der Waals surface area contributed by atoms with Gasteiger partial charge in [0, 0.05) is 12.7 Å². The average Bonchev–Trinajstić information content (AvgIpc) is 3.03. The Bertz CT molecular complexity index is 1540. The summed E-state index contributed by atoms with van der Waals surface area (Å²) in [4.78, 5) is 34.6. The van der Waals surface area contributed by atoms with Crippen LogP contribution in [0.15, 0.2) is 77.7 Å². The molecule has 2 heterocycles. The lowest BCUT2D eigenvalue weighted by molar-refractivity contribution is 0.0693. The largest absolute Gasteiger partial charge is 0.337 e. The summed E-state index contributed by atoms with van der Waals surface area (Å²) in [5, 5.41) is 3.04. The van der Waals surface area contributed by atoms with Crippen LogP contribution in [0, 0.1) is 0 Å². The number of fused-ring (bicyclic) bond motifs is 2. The van der Waals surface area contributed by atoms with E-state index in [9.17, 15) is 18.0 Å². The topological polar surface area (TPSA) is 121 Å². The van der Waals surface area contributed by atoms with E-state index in [1.54, 1.807) is 54.6 Å². The highest BCUT2D eigenvalue weighted by Gasteiger charge is 2.32. The Morgan fingerprint density at radius 1 is 0.758 bits per heavy atom. The lowest BCUT2D eigenvalue weighted by atomic mass is 10.1. The zero-order chi connectivity index (χ0) is 23.2. The van der Waals surface area contributed by atoms with Gasteiger partial charge in [0.25, 0.3) is 21.8 Å². The summed E-state index contributed by atoms with van der Waals surface area (Å²) >= 11 is 0. The van der Waals surface area contributed by atoms with Crippen LogP contribution in [-0.4, -0.2) is 42.1 Å². The van der Waals surface area contributed by atoms with E-state index >= 15 is 0 Å². The number of benzene rings is 3. The molecule has 33 heavy (non-hydrogen) atoms. The highest BCUT2D eigenvalue weighted by molar-refractivity contribution is 7.92. The number of carbonyl (C=O) groups excluding carboxylic acids is 2. The zero-order valence-corrected chi connectivity index (χ0v) is 18.1. The summed E-state index contributed by atoms with van der Waals surface area (Å²) < 4.78 is 28.3. The van der Waals surface area contributed by atoms with Crippen molar-refractivity contribution in [1.82, 2.24) is 14.9 Å². The number of hydrogen-bond donors (Lipinski definition) is 2. The van der Waals surface area contributed by atoms with E-state index in [-0.39, 0.29) is 28.0 Å². The molecule has 1 aromatic heterocycles. The van der Waals surface area contributed by atoms with Crippen molar-refractivity contribution in [1.29, 1.82) is 0 Å². The third-order valence-corrected chi connectivity index (χ3v) is 6.56. The number of anilines is 3. The van der Waals surface area contributed by atoms with Crippen molar-refractivity contribution in [3.8, 4) is 0 Å². The van der Waals surface area contributed by atoms with Gasteiger partial charge in [-0.25, -0.2) is 18.4 Å². The van der Waals surface area contributed by atoms with Crippen LogP contribution in [0.1, 0.15) is 20.7 Å². The predicted octanol–water partition coefficient (Wildman–Crippen LogP) is 3.40. The Morgan fingerprint density at radius 3 is 2.06 bits per heavy atom. The van der Waals surface area contributed by atoms with Crippen LogP contribution in [0.3, 0.4) is 0 Å². The van der Waals surface area contributed by atoms with Gasteiger partial charge in [-0.15, -0.1) is 0 Å². The predicted molar refractivity (Wildman–Crippen MR) is 123 cm³/mol. The molecule has 0 saturated heterocycles. The third kappa shape index (κ3) is 3.66. The zero-order valence-electron chi connectivity index (χ0n) is 17.3. The van der Waals surface area contributed by atoms with E-state index in [1.165, 1.54) is 25.2 Å². The van der Waals surface area contributed by atoms with Gasteiger partial charge >= 0.3 is 0 Å². The fourth-order valence-corrected chi connectivity index (χ4v) is 4.55. The molecule has 1 aliphatic heterocycles. The van der Waals surface area contributed by atoms with Crippen LogP contribution in [0.5, 0.6) is 0 Å². The van der Waals surface area contributed by atoms with E-state index in [1.807, 2.05) is 0 Å². The Morgan fingerprint density at radius 2 is 1.36 bits per heavy atom. The van der Waals surface area contributed by atoms with Gasteiger partial charge in [-0.3, -0.25) is 19.2 Å². The maximum atomic E-state index is 12.9. The van der Waals surface area contributed by atoms with Gasteiger partial charge in [-0.2, -0.15) is 0 Å². The second kappa shape index (κ2) is 7.68. The van der Waals surface area contributed by atoms with Gasteiger partial charge in [0.05, 0.1) is 27.1 Å². The fourth-order valence-electron chi connectivity index (χ4n) is 3.52. The summed E-state index contributed by atoms with van der Waals surface area (Å²) in [5.41, 5.74) is 2.07. The molecule has 2 N–H and O–H groups in total. The molecule has 0 unspecified atom stereocenters. The molecule has 0 fully saturated rings. The molecule has 0 bridgehead atoms. The van der Waals surface area contributed by atoms with Gasteiger partial charge in [-0.1, -0.05) is 30.3 Å². The van der Waals surface area contributed by atoms with Gasteiger partial charge in [0.1, 0.15) is 0 Å². The highest BCUT2D eigenvalue weighted by atomic mass is 32.2. The molecule has 9 nitrogen and oxygen atoms in total. The van der Waals surface area contributed by atoms with Gasteiger partial charge in [0.2, 0.25) is 0 Å². The van der Waals surface area contributed by atoms with Crippen molar-refractivity contribution in [2.24, 2.45) is 0 Å². The standard InChI is InChI=1S/C23H17N5O4S/c1-28-22(29)16-12-11-14(13-17(16)23(28)30)24-20-21(26-19-10-6-5-9-18(19)25-20)27-33(31,32)15-7-3-2-4-8-15/h2-13H,1H3,(H,24,25)(H,26,27). The number of aromatic nitrogens is 2. The molecule has 0 aliphatic carbocycles. The average molecular weight is 459 g/mol. The molecule has 0 radical (unpaired) electrons. The van der Waals surface area contributed by atoms with Crippen molar-refractivity contribution in [3.63, 3.8) is 0 Å². The molecule has 0 atom stereocenters. The molecule has 10 heteroatoms. The maximum absolute atomic E-state index is 12.9. The molecular weight excluding hydrogens is 442 g/mol. The van der Waals surface area contributed by atoms with Crippen LogP contribution in [0.4, 0.5) is 17.3 Å². The van der Waals surface area contributed by atoms with Crippen molar-refractivity contribution in [2.45, 2.75) is 4.90 Å². The van der Waals surface area contributed by atoms with Crippen molar-refractivity contribution in [3.05, 3.63) is 83.9 Å². The van der Waals surface area contributed by atoms with Crippen LogP contribution >= 0.6 is 0 Å². The SMILES string of the molecule is CN1C(=O)c2ccc(Nc3nc4ccccc4nc3NS(=O)(=O)c3ccccc3)cc2C1=O. The Kier molecular flexibility index (Phi) is 4.79. The monoisotopic (exact) mass is 459 g/mol. The summed E-state index contributed by atoms with van der Waals surface area (Å²) in [5.74, 6) is -0.632. The molecule has 0 saturated carbocycles. The first-order chi connectivity index (χ1) is 15.8. The van der Waals surface area contributed by atoms with Gasteiger partial charge in [-0.05, 0) is 42.5 Å². The Balaban J connectivity index is 1.57. The fraction of sp³-hybridized carbons (Fsp3) is 0.0435. The molecule has 5 rings (SSSR count). The summed E-state index contributed by atoms with van der Waals surface area (Å²) in [7, 11) is -2.51. The number of imide groups is 1. The second-order valence-corrected chi connectivity index (χ2v) is 9.07. The van der Waals surface area contributed by atoms with Crippen molar-refractivity contribution in [2.75, 3.05) is 17.1 Å². The number of hydrogen-bond acceptors (Lipinski definition) is 7. The molecule has 3 aromatic carbocycles. The Labute approximate surface area is 189 Å². The lowest BCUT2D eigenvalue weighted by Crippen LogP contribution is -2.24. The quantitative estimate of drug-likeness (QED) is 0.439. The molecular formula is C23H17N5O4S. The van der Waals surface area contributed by atoms with Crippen LogP contribution in [-0.2, 0) is 10.0 Å². The van der Waals surface area contributed by atoms with E-state index in [2.05, 4.69) is 20.0 Å². The van der Waals surface area contributed by atoms with Crippen LogP contribution in [0.25, 0.3) is 11.0 Å². The number of carbonyl (C=O) groups is 2. The molecule has 1 aliphatic rings. The summed E-state index contributed by atoms with van der Waals surface area (Å²) in [6, 6.07) is 19.7. The summed E-state index contributed by atoms with van der Waals surface area (Å²) in [6.07, 6.45) is 0. The molecule has 2 amide bonds. The number of nitrogens with one attached hydrogen (secondary N) is 2. The first kappa shape index (κ1) is 20.6. The maximum Gasteiger partial charge on any atom is 0.263 e. The minimum absolute atomic E-state index is 0.00225. The second-order valence-electron chi connectivity index (χ2n) is 7.38. The summed E-state index contributed by atoms with van der Waals surface area (Å²) in [6.45, 7) is 0.